The molecule has 152 valence electrons. The number of benzene rings is 1. The minimum absolute atomic E-state index is 0.0267. The third-order valence-electron chi connectivity index (χ3n) is 5.89. The molecule has 0 radical (unpaired) electrons. The first-order valence-corrected chi connectivity index (χ1v) is 10.6. The first-order chi connectivity index (χ1) is 13.4. The minimum atomic E-state index is -0.334. The van der Waals surface area contributed by atoms with Crippen LogP contribution in [-0.2, 0) is 4.79 Å². The van der Waals surface area contributed by atoms with Crippen LogP contribution in [0.25, 0.3) is 0 Å². The number of carbonyl (C=O) groups excluding carboxylic acids is 2. The Morgan fingerprint density at radius 3 is 2.71 bits per heavy atom. The Labute approximate surface area is 176 Å². The third-order valence-corrected chi connectivity index (χ3v) is 6.42. The Balaban J connectivity index is 1.57. The van der Waals surface area contributed by atoms with Gasteiger partial charge in [-0.3, -0.25) is 20.4 Å². The average molecular weight is 423 g/mol. The molecular formula is C20H27ClN4O2S. The van der Waals surface area contributed by atoms with Gasteiger partial charge in [0.1, 0.15) is 0 Å². The van der Waals surface area contributed by atoms with Crippen molar-refractivity contribution in [2.75, 3.05) is 11.4 Å². The molecule has 1 heterocycles. The van der Waals surface area contributed by atoms with E-state index in [1.807, 2.05) is 0 Å². The SMILES string of the molecule is C[C@@H]1[C@H](C)CCC[C@@H]1NC(=S)NNC(=O)c1ccc(Cl)c(N2CCCC2=O)c1. The van der Waals surface area contributed by atoms with Gasteiger partial charge in [-0.1, -0.05) is 38.3 Å². The molecule has 6 nitrogen and oxygen atoms in total. The number of nitrogens with zero attached hydrogens (tertiary/aromatic N) is 1. The fourth-order valence-corrected chi connectivity index (χ4v) is 4.36. The summed E-state index contributed by atoms with van der Waals surface area (Å²) in [6.45, 7) is 5.12. The molecule has 2 aliphatic rings. The van der Waals surface area contributed by atoms with Crippen LogP contribution >= 0.6 is 23.8 Å². The molecule has 0 unspecified atom stereocenters. The quantitative estimate of drug-likeness (QED) is 0.514. The molecule has 28 heavy (non-hydrogen) atoms. The van der Waals surface area contributed by atoms with Crippen molar-refractivity contribution in [3.8, 4) is 0 Å². The van der Waals surface area contributed by atoms with E-state index in [4.69, 9.17) is 23.8 Å². The van der Waals surface area contributed by atoms with Crippen LogP contribution in [0.5, 0.6) is 0 Å². The van der Waals surface area contributed by atoms with Crippen LogP contribution in [0, 0.1) is 11.8 Å². The number of hydrogen-bond donors (Lipinski definition) is 3. The van der Waals surface area contributed by atoms with Gasteiger partial charge >= 0.3 is 0 Å². The van der Waals surface area contributed by atoms with E-state index in [-0.39, 0.29) is 11.8 Å². The Morgan fingerprint density at radius 2 is 2.00 bits per heavy atom. The molecule has 0 bridgehead atoms. The largest absolute Gasteiger partial charge is 0.358 e. The van der Waals surface area contributed by atoms with Crippen LogP contribution in [0.15, 0.2) is 18.2 Å². The number of nitrogens with one attached hydrogen (secondary N) is 3. The topological polar surface area (TPSA) is 73.5 Å². The first-order valence-electron chi connectivity index (χ1n) is 9.83. The fourth-order valence-electron chi connectivity index (χ4n) is 3.94. The van der Waals surface area contributed by atoms with Crippen LogP contribution in [0.4, 0.5) is 5.69 Å². The lowest BCUT2D eigenvalue weighted by Gasteiger charge is -2.35. The van der Waals surface area contributed by atoms with Crippen LogP contribution in [0.2, 0.25) is 5.02 Å². The van der Waals surface area contributed by atoms with Crippen molar-refractivity contribution in [2.45, 2.75) is 52.0 Å². The molecule has 0 aromatic heterocycles. The van der Waals surface area contributed by atoms with Crippen LogP contribution < -0.4 is 21.1 Å². The van der Waals surface area contributed by atoms with Gasteiger partial charge in [0.05, 0.1) is 10.7 Å². The van der Waals surface area contributed by atoms with Gasteiger partial charge in [0.25, 0.3) is 5.91 Å². The van der Waals surface area contributed by atoms with Crippen molar-refractivity contribution in [3.63, 3.8) is 0 Å². The minimum Gasteiger partial charge on any atom is -0.358 e. The summed E-state index contributed by atoms with van der Waals surface area (Å²) in [4.78, 5) is 26.1. The van der Waals surface area contributed by atoms with E-state index in [1.54, 1.807) is 23.1 Å². The predicted octanol–water partition coefficient (Wildman–Crippen LogP) is 3.40. The van der Waals surface area contributed by atoms with E-state index >= 15 is 0 Å². The van der Waals surface area contributed by atoms with E-state index in [0.29, 0.717) is 52.2 Å². The second-order valence-corrected chi connectivity index (χ2v) is 8.56. The highest BCUT2D eigenvalue weighted by molar-refractivity contribution is 7.80. The molecule has 0 spiro atoms. The lowest BCUT2D eigenvalue weighted by molar-refractivity contribution is -0.117. The van der Waals surface area contributed by atoms with Crippen LogP contribution in [0.1, 0.15) is 56.3 Å². The third kappa shape index (κ3) is 4.75. The van der Waals surface area contributed by atoms with Gasteiger partial charge in [0.15, 0.2) is 5.11 Å². The van der Waals surface area contributed by atoms with Crippen molar-refractivity contribution in [1.82, 2.24) is 16.2 Å². The molecule has 8 heteroatoms. The first kappa shape index (κ1) is 20.9. The summed E-state index contributed by atoms with van der Waals surface area (Å²) in [5.74, 6) is 0.878. The second kappa shape index (κ2) is 9.09. The van der Waals surface area contributed by atoms with E-state index in [9.17, 15) is 9.59 Å². The Kier molecular flexibility index (Phi) is 6.78. The average Bonchev–Trinajstić information content (AvgIpc) is 3.09. The molecule has 1 aliphatic heterocycles. The number of hydrogen-bond acceptors (Lipinski definition) is 3. The summed E-state index contributed by atoms with van der Waals surface area (Å²) >= 11 is 11.6. The Bertz CT molecular complexity index is 773. The smallest absolute Gasteiger partial charge is 0.269 e. The highest BCUT2D eigenvalue weighted by Gasteiger charge is 2.27. The van der Waals surface area contributed by atoms with Crippen molar-refractivity contribution in [3.05, 3.63) is 28.8 Å². The van der Waals surface area contributed by atoms with E-state index < -0.39 is 0 Å². The molecule has 1 aliphatic carbocycles. The number of hydrazine groups is 1. The van der Waals surface area contributed by atoms with Gasteiger partial charge in [-0.15, -0.1) is 0 Å². The zero-order chi connectivity index (χ0) is 20.3. The van der Waals surface area contributed by atoms with E-state index in [1.165, 1.54) is 12.8 Å². The Morgan fingerprint density at radius 1 is 1.21 bits per heavy atom. The molecule has 3 atom stereocenters. The number of carbonyl (C=O) groups is 2. The Hall–Kier alpha value is -1.86. The number of anilines is 1. The van der Waals surface area contributed by atoms with Crippen LogP contribution in [-0.4, -0.2) is 29.5 Å². The maximum Gasteiger partial charge on any atom is 0.269 e. The molecule has 3 N–H and O–H groups in total. The fraction of sp³-hybridized carbons (Fsp3) is 0.550. The van der Waals surface area contributed by atoms with Gasteiger partial charge in [0, 0.05) is 24.6 Å². The van der Waals surface area contributed by atoms with Gasteiger partial charge in [-0.2, -0.15) is 0 Å². The molecule has 1 saturated heterocycles. The van der Waals surface area contributed by atoms with Gasteiger partial charge in [-0.05, 0) is 55.1 Å². The molecule has 1 saturated carbocycles. The van der Waals surface area contributed by atoms with Crippen molar-refractivity contribution >= 4 is 46.4 Å². The number of rotatable bonds is 3. The molecule has 2 amide bonds. The number of halogens is 1. The standard InChI is InChI=1S/C20H27ClN4O2S/c1-12-5-3-6-16(13(12)2)22-20(28)24-23-19(27)14-8-9-15(21)17(11-14)25-10-4-7-18(25)26/h8-9,11-13,16H,3-7,10H2,1-2H3,(H,23,27)(H2,22,24,28)/t12-,13-,16+/m1/s1. The van der Waals surface area contributed by atoms with Gasteiger partial charge < -0.3 is 10.2 Å². The second-order valence-electron chi connectivity index (χ2n) is 7.74. The lowest BCUT2D eigenvalue weighted by Crippen LogP contribution is -2.52. The number of amides is 2. The maximum atomic E-state index is 12.5. The normalized spacial score (nSPS) is 24.8. The zero-order valence-corrected chi connectivity index (χ0v) is 17.8. The molecule has 1 aromatic carbocycles. The summed E-state index contributed by atoms with van der Waals surface area (Å²) in [5.41, 5.74) is 6.39. The monoisotopic (exact) mass is 422 g/mol. The van der Waals surface area contributed by atoms with Crippen LogP contribution in [0.3, 0.4) is 0 Å². The molecule has 3 rings (SSSR count). The van der Waals surface area contributed by atoms with E-state index in [0.717, 1.165) is 12.8 Å². The lowest BCUT2D eigenvalue weighted by atomic mass is 9.78. The summed E-state index contributed by atoms with van der Waals surface area (Å²) in [6.07, 6.45) is 4.80. The summed E-state index contributed by atoms with van der Waals surface area (Å²) in [6, 6.07) is 5.22. The zero-order valence-electron chi connectivity index (χ0n) is 16.3. The highest BCUT2D eigenvalue weighted by atomic mass is 35.5. The highest BCUT2D eigenvalue weighted by Crippen LogP contribution is 2.31. The summed E-state index contributed by atoms with van der Waals surface area (Å²) in [5, 5.41) is 4.17. The molecular weight excluding hydrogens is 396 g/mol. The maximum absolute atomic E-state index is 12.5. The molecule has 2 fully saturated rings. The molecule has 1 aromatic rings. The predicted molar refractivity (Wildman–Crippen MR) is 115 cm³/mol. The summed E-state index contributed by atoms with van der Waals surface area (Å²) < 4.78 is 0. The summed E-state index contributed by atoms with van der Waals surface area (Å²) in [7, 11) is 0. The van der Waals surface area contributed by atoms with Crippen molar-refractivity contribution in [1.29, 1.82) is 0 Å². The van der Waals surface area contributed by atoms with E-state index in [2.05, 4.69) is 30.0 Å². The van der Waals surface area contributed by atoms with Gasteiger partial charge in [-0.25, -0.2) is 0 Å². The number of thiocarbonyl (C=S) groups is 1. The van der Waals surface area contributed by atoms with Gasteiger partial charge in [0.2, 0.25) is 5.91 Å². The van der Waals surface area contributed by atoms with Crippen molar-refractivity contribution < 1.29 is 9.59 Å². The van der Waals surface area contributed by atoms with Crippen molar-refractivity contribution in [2.24, 2.45) is 11.8 Å².